The third-order valence-corrected chi connectivity index (χ3v) is 11.0. The number of esters is 3. The van der Waals surface area contributed by atoms with E-state index in [1.807, 2.05) is 0 Å². The molecule has 0 aliphatic carbocycles. The lowest BCUT2D eigenvalue weighted by atomic mass is 10.0. The molecule has 0 aromatic heterocycles. The van der Waals surface area contributed by atoms with Crippen LogP contribution >= 0.6 is 0 Å². The van der Waals surface area contributed by atoms with Crippen molar-refractivity contribution < 1.29 is 28.6 Å². The molecule has 330 valence electrons. The molecule has 56 heavy (non-hydrogen) atoms. The van der Waals surface area contributed by atoms with Crippen LogP contribution in [-0.4, -0.2) is 37.2 Å². The van der Waals surface area contributed by atoms with E-state index in [9.17, 15) is 14.4 Å². The Morgan fingerprint density at radius 1 is 0.339 bits per heavy atom. The second-order valence-corrected chi connectivity index (χ2v) is 16.7. The number of rotatable bonds is 45. The maximum Gasteiger partial charge on any atom is 0.306 e. The number of allylic oxidation sites excluding steroid dienone is 2. The smallest absolute Gasteiger partial charge is 0.306 e. The first-order valence-corrected chi connectivity index (χ1v) is 24.7. The zero-order valence-electron chi connectivity index (χ0n) is 37.7. The van der Waals surface area contributed by atoms with Gasteiger partial charge in [-0.25, -0.2) is 0 Å². The highest BCUT2D eigenvalue weighted by Gasteiger charge is 2.19. The first-order valence-electron chi connectivity index (χ1n) is 24.7. The van der Waals surface area contributed by atoms with E-state index in [-0.39, 0.29) is 31.1 Å². The molecule has 0 saturated heterocycles. The van der Waals surface area contributed by atoms with Crippen LogP contribution in [-0.2, 0) is 28.6 Å². The van der Waals surface area contributed by atoms with Gasteiger partial charge in [-0.2, -0.15) is 0 Å². The van der Waals surface area contributed by atoms with E-state index >= 15 is 0 Å². The standard InChI is InChI=1S/C50H94O6/c1-4-7-10-13-16-18-20-22-23-24-25-26-27-28-29-31-32-34-37-40-43-49(52)55-46-47(45-54-48(51)42-39-36-15-12-9-6-3)56-50(53)44-41-38-35-33-30-21-19-17-14-11-8-5-2/h17,19,47H,4-16,18,20-46H2,1-3H3/b19-17-. The minimum atomic E-state index is -0.765. The number of unbranched alkanes of at least 4 members (excludes halogenated alkanes) is 32. The fourth-order valence-corrected chi connectivity index (χ4v) is 7.26. The molecule has 6 heteroatoms. The molecule has 0 radical (unpaired) electrons. The Hall–Kier alpha value is -1.85. The molecule has 0 saturated carbocycles. The third kappa shape index (κ3) is 43.3. The molecule has 0 bridgehead atoms. The van der Waals surface area contributed by atoms with Crippen LogP contribution in [0, 0.1) is 0 Å². The lowest BCUT2D eigenvalue weighted by Gasteiger charge is -2.18. The van der Waals surface area contributed by atoms with Crippen LogP contribution in [0.2, 0.25) is 0 Å². The molecule has 0 aliphatic heterocycles. The van der Waals surface area contributed by atoms with Crippen molar-refractivity contribution in [3.63, 3.8) is 0 Å². The van der Waals surface area contributed by atoms with Gasteiger partial charge in [0.25, 0.3) is 0 Å². The van der Waals surface area contributed by atoms with E-state index in [4.69, 9.17) is 14.2 Å². The average molecular weight is 791 g/mol. The molecule has 0 rings (SSSR count). The maximum absolute atomic E-state index is 12.7. The minimum absolute atomic E-state index is 0.0694. The van der Waals surface area contributed by atoms with Gasteiger partial charge in [-0.05, 0) is 44.9 Å². The van der Waals surface area contributed by atoms with Gasteiger partial charge >= 0.3 is 17.9 Å². The van der Waals surface area contributed by atoms with Gasteiger partial charge in [-0.1, -0.05) is 219 Å². The topological polar surface area (TPSA) is 78.9 Å². The summed E-state index contributed by atoms with van der Waals surface area (Å²) in [5, 5.41) is 0. The molecular weight excluding hydrogens is 697 g/mol. The van der Waals surface area contributed by atoms with E-state index in [1.54, 1.807) is 0 Å². The van der Waals surface area contributed by atoms with Gasteiger partial charge in [0.1, 0.15) is 13.2 Å². The SMILES string of the molecule is CCCCC/C=C\CCCCCCCC(=O)OC(COC(=O)CCCCCCCC)COC(=O)CCCCCCCCCCCCCCCCCCCCCC. The van der Waals surface area contributed by atoms with Crippen LogP contribution in [0.4, 0.5) is 0 Å². The Kier molecular flexibility index (Phi) is 44.3. The molecule has 0 aliphatic rings. The summed E-state index contributed by atoms with van der Waals surface area (Å²) in [6, 6.07) is 0. The van der Waals surface area contributed by atoms with Gasteiger partial charge in [0, 0.05) is 19.3 Å². The van der Waals surface area contributed by atoms with Gasteiger partial charge < -0.3 is 14.2 Å². The fourth-order valence-electron chi connectivity index (χ4n) is 7.26. The monoisotopic (exact) mass is 791 g/mol. The highest BCUT2D eigenvalue weighted by atomic mass is 16.6. The van der Waals surface area contributed by atoms with Crippen molar-refractivity contribution in [3.05, 3.63) is 12.2 Å². The predicted octanol–water partition coefficient (Wildman–Crippen LogP) is 15.8. The van der Waals surface area contributed by atoms with Crippen molar-refractivity contribution in [3.8, 4) is 0 Å². The maximum atomic E-state index is 12.7. The van der Waals surface area contributed by atoms with Crippen molar-refractivity contribution >= 4 is 17.9 Å². The van der Waals surface area contributed by atoms with E-state index in [0.717, 1.165) is 64.2 Å². The molecule has 0 aromatic rings. The van der Waals surface area contributed by atoms with E-state index in [1.165, 1.54) is 167 Å². The first kappa shape index (κ1) is 54.2. The molecule has 6 nitrogen and oxygen atoms in total. The summed E-state index contributed by atoms with van der Waals surface area (Å²) in [5.41, 5.74) is 0. The lowest BCUT2D eigenvalue weighted by molar-refractivity contribution is -0.167. The van der Waals surface area contributed by atoms with Crippen LogP contribution in [0.15, 0.2) is 12.2 Å². The molecule has 0 fully saturated rings. The summed E-state index contributed by atoms with van der Waals surface area (Å²) in [5.74, 6) is -0.877. The molecule has 0 heterocycles. The van der Waals surface area contributed by atoms with Crippen molar-refractivity contribution in [1.82, 2.24) is 0 Å². The van der Waals surface area contributed by atoms with Gasteiger partial charge in [-0.15, -0.1) is 0 Å². The number of hydrogen-bond acceptors (Lipinski definition) is 6. The average Bonchev–Trinajstić information content (AvgIpc) is 3.19. The zero-order valence-corrected chi connectivity index (χ0v) is 37.7. The van der Waals surface area contributed by atoms with Crippen LogP contribution in [0.1, 0.15) is 271 Å². The number of ether oxygens (including phenoxy) is 3. The van der Waals surface area contributed by atoms with Crippen LogP contribution < -0.4 is 0 Å². The largest absolute Gasteiger partial charge is 0.462 e. The van der Waals surface area contributed by atoms with E-state index in [0.29, 0.717) is 19.3 Å². The van der Waals surface area contributed by atoms with E-state index < -0.39 is 6.10 Å². The lowest BCUT2D eigenvalue weighted by Crippen LogP contribution is -2.30. The van der Waals surface area contributed by atoms with Crippen molar-refractivity contribution in [2.45, 2.75) is 277 Å². The summed E-state index contributed by atoms with van der Waals surface area (Å²) in [4.78, 5) is 37.6. The third-order valence-electron chi connectivity index (χ3n) is 11.0. The highest BCUT2D eigenvalue weighted by Crippen LogP contribution is 2.16. The summed E-state index contributed by atoms with van der Waals surface area (Å²) >= 11 is 0. The number of carbonyl (C=O) groups is 3. The molecule has 0 amide bonds. The van der Waals surface area contributed by atoms with Gasteiger partial charge in [-0.3, -0.25) is 14.4 Å². The van der Waals surface area contributed by atoms with E-state index in [2.05, 4.69) is 32.9 Å². The normalized spacial score (nSPS) is 12.0. The van der Waals surface area contributed by atoms with Crippen LogP contribution in [0.25, 0.3) is 0 Å². The quantitative estimate of drug-likeness (QED) is 0.0264. The van der Waals surface area contributed by atoms with Crippen molar-refractivity contribution in [2.24, 2.45) is 0 Å². The van der Waals surface area contributed by atoms with Crippen LogP contribution in [0.5, 0.6) is 0 Å². The Morgan fingerprint density at radius 3 is 0.929 bits per heavy atom. The molecule has 1 atom stereocenters. The van der Waals surface area contributed by atoms with Crippen molar-refractivity contribution in [1.29, 1.82) is 0 Å². The molecule has 0 aromatic carbocycles. The molecule has 0 N–H and O–H groups in total. The first-order chi connectivity index (χ1) is 27.5. The fraction of sp³-hybridized carbons (Fsp3) is 0.900. The Balaban J connectivity index is 4.13. The second-order valence-electron chi connectivity index (χ2n) is 16.7. The highest BCUT2D eigenvalue weighted by molar-refractivity contribution is 5.71. The van der Waals surface area contributed by atoms with Crippen molar-refractivity contribution in [2.75, 3.05) is 13.2 Å². The second kappa shape index (κ2) is 45.8. The van der Waals surface area contributed by atoms with Crippen LogP contribution in [0.3, 0.4) is 0 Å². The summed E-state index contributed by atoms with van der Waals surface area (Å²) in [6.07, 6.45) is 49.4. The van der Waals surface area contributed by atoms with Gasteiger partial charge in [0.05, 0.1) is 0 Å². The van der Waals surface area contributed by atoms with Gasteiger partial charge in [0.2, 0.25) is 0 Å². The molecule has 0 spiro atoms. The Bertz CT molecular complexity index is 870. The Morgan fingerprint density at radius 2 is 0.589 bits per heavy atom. The number of carbonyl (C=O) groups excluding carboxylic acids is 3. The summed E-state index contributed by atoms with van der Waals surface area (Å²) in [6.45, 7) is 6.57. The summed E-state index contributed by atoms with van der Waals surface area (Å²) in [7, 11) is 0. The van der Waals surface area contributed by atoms with Gasteiger partial charge in [0.15, 0.2) is 6.10 Å². The summed E-state index contributed by atoms with van der Waals surface area (Å²) < 4.78 is 16.7. The Labute approximate surface area is 348 Å². The molecular formula is C50H94O6. The predicted molar refractivity (Wildman–Crippen MR) is 238 cm³/mol. The minimum Gasteiger partial charge on any atom is -0.462 e. The zero-order chi connectivity index (χ0) is 40.8. The molecule has 1 unspecified atom stereocenters. The number of hydrogen-bond donors (Lipinski definition) is 0.